The summed E-state index contributed by atoms with van der Waals surface area (Å²) in [6, 6.07) is 9.48. The van der Waals surface area contributed by atoms with Crippen molar-refractivity contribution in [3.63, 3.8) is 0 Å². The molecular formula is C15H15F2N3. The molecule has 20 heavy (non-hydrogen) atoms. The maximum atomic E-state index is 13.5. The number of allylic oxidation sites excluding steroid dienone is 1. The maximum absolute atomic E-state index is 13.5. The molecule has 0 amide bonds. The summed E-state index contributed by atoms with van der Waals surface area (Å²) in [6.07, 6.45) is 1.42. The van der Waals surface area contributed by atoms with Crippen LogP contribution in [0.4, 0.5) is 20.4 Å². The van der Waals surface area contributed by atoms with Crippen LogP contribution in [0.2, 0.25) is 0 Å². The van der Waals surface area contributed by atoms with Gasteiger partial charge in [-0.1, -0.05) is 23.2 Å². The molecule has 0 aliphatic carbocycles. The van der Waals surface area contributed by atoms with E-state index in [-0.39, 0.29) is 5.82 Å². The number of hydrogen-bond donors (Lipinski definition) is 1. The van der Waals surface area contributed by atoms with Crippen molar-refractivity contribution in [2.24, 2.45) is 0 Å². The molecule has 3 nitrogen and oxygen atoms in total. The number of nitrogens with zero attached hydrogens (tertiary/aromatic N) is 2. The fraction of sp³-hybridized carbons (Fsp3) is 0.133. The van der Waals surface area contributed by atoms with Crippen molar-refractivity contribution in [3.05, 3.63) is 66.3 Å². The van der Waals surface area contributed by atoms with Gasteiger partial charge in [0, 0.05) is 12.2 Å². The molecule has 0 saturated heterocycles. The minimum Gasteiger partial charge on any atom is -0.366 e. The number of nitrogens with one attached hydrogen (secondary N) is 1. The Kier molecular flexibility index (Phi) is 4.30. The average molecular weight is 275 g/mol. The van der Waals surface area contributed by atoms with Crippen LogP contribution in [0.25, 0.3) is 0 Å². The Labute approximate surface area is 116 Å². The first-order valence-corrected chi connectivity index (χ1v) is 6.12. The number of aromatic nitrogens is 1. The van der Waals surface area contributed by atoms with Crippen LogP contribution in [0.3, 0.4) is 0 Å². The molecule has 1 aromatic heterocycles. The molecule has 0 aliphatic rings. The first-order chi connectivity index (χ1) is 9.56. The molecule has 104 valence electrons. The fourth-order valence-electron chi connectivity index (χ4n) is 1.62. The van der Waals surface area contributed by atoms with Crippen LogP contribution in [0.15, 0.2) is 54.9 Å². The van der Waals surface area contributed by atoms with Gasteiger partial charge in [0.15, 0.2) is 0 Å². The van der Waals surface area contributed by atoms with Gasteiger partial charge < -0.3 is 5.32 Å². The van der Waals surface area contributed by atoms with Gasteiger partial charge in [-0.2, -0.15) is 5.12 Å². The van der Waals surface area contributed by atoms with Gasteiger partial charge in [-0.25, -0.2) is 9.37 Å². The smallest absolute Gasteiger partial charge is 0.126 e. The van der Waals surface area contributed by atoms with Crippen molar-refractivity contribution in [3.8, 4) is 0 Å². The lowest BCUT2D eigenvalue weighted by Gasteiger charge is -2.13. The van der Waals surface area contributed by atoms with Crippen LogP contribution in [-0.4, -0.2) is 4.98 Å². The number of halogens is 2. The Morgan fingerprint density at radius 3 is 2.50 bits per heavy atom. The third-order valence-electron chi connectivity index (χ3n) is 2.70. The maximum Gasteiger partial charge on any atom is 0.126 e. The van der Waals surface area contributed by atoms with Crippen molar-refractivity contribution in [2.45, 2.75) is 13.5 Å². The molecule has 0 atom stereocenters. The molecule has 2 rings (SSSR count). The molecular weight excluding hydrogens is 260 g/mol. The Hall–Kier alpha value is -2.43. The topological polar surface area (TPSA) is 28.2 Å². The Morgan fingerprint density at radius 2 is 1.95 bits per heavy atom. The van der Waals surface area contributed by atoms with Crippen LogP contribution in [0.1, 0.15) is 12.5 Å². The summed E-state index contributed by atoms with van der Waals surface area (Å²) in [5, 5.41) is 3.55. The van der Waals surface area contributed by atoms with E-state index < -0.39 is 0 Å². The van der Waals surface area contributed by atoms with Crippen LogP contribution in [0, 0.1) is 5.82 Å². The molecule has 0 bridgehead atoms. The summed E-state index contributed by atoms with van der Waals surface area (Å²) in [7, 11) is 0. The van der Waals surface area contributed by atoms with E-state index >= 15 is 0 Å². The van der Waals surface area contributed by atoms with E-state index in [1.807, 2.05) is 0 Å². The molecule has 5 heteroatoms. The van der Waals surface area contributed by atoms with Gasteiger partial charge in [0.25, 0.3) is 0 Å². The van der Waals surface area contributed by atoms with E-state index in [0.717, 1.165) is 5.56 Å². The van der Waals surface area contributed by atoms with Crippen LogP contribution >= 0.6 is 0 Å². The molecule has 0 saturated carbocycles. The Bertz CT molecular complexity index is 579. The monoisotopic (exact) mass is 275 g/mol. The first-order valence-electron chi connectivity index (χ1n) is 6.12. The SMILES string of the molecule is C=C(C)N(F)c1ccc(NCc2ccc(F)cc2)nc1. The largest absolute Gasteiger partial charge is 0.366 e. The van der Waals surface area contributed by atoms with Crippen molar-refractivity contribution in [1.29, 1.82) is 0 Å². The van der Waals surface area contributed by atoms with E-state index in [0.29, 0.717) is 28.9 Å². The average Bonchev–Trinajstić information content (AvgIpc) is 2.46. The first kappa shape index (κ1) is 14.0. The highest BCUT2D eigenvalue weighted by Crippen LogP contribution is 2.19. The van der Waals surface area contributed by atoms with E-state index in [9.17, 15) is 8.87 Å². The highest BCUT2D eigenvalue weighted by Gasteiger charge is 2.05. The lowest BCUT2D eigenvalue weighted by atomic mass is 10.2. The van der Waals surface area contributed by atoms with Crippen molar-refractivity contribution < 1.29 is 8.87 Å². The fourth-order valence-corrected chi connectivity index (χ4v) is 1.62. The van der Waals surface area contributed by atoms with E-state index in [1.54, 1.807) is 31.2 Å². The Balaban J connectivity index is 1.97. The predicted octanol–water partition coefficient (Wildman–Crippen LogP) is 4.06. The number of rotatable bonds is 5. The summed E-state index contributed by atoms with van der Waals surface area (Å²) >= 11 is 0. The molecule has 0 unspecified atom stereocenters. The summed E-state index contributed by atoms with van der Waals surface area (Å²) in [5.41, 5.74) is 1.55. The summed E-state index contributed by atoms with van der Waals surface area (Å²) in [6.45, 7) is 5.60. The van der Waals surface area contributed by atoms with Gasteiger partial charge in [-0.05, 0) is 36.8 Å². The molecule has 1 heterocycles. The minimum absolute atomic E-state index is 0.265. The van der Waals surface area contributed by atoms with Crippen LogP contribution < -0.4 is 10.4 Å². The highest BCUT2D eigenvalue weighted by atomic mass is 19.2. The zero-order valence-electron chi connectivity index (χ0n) is 11.1. The second-order valence-corrected chi connectivity index (χ2v) is 4.40. The van der Waals surface area contributed by atoms with E-state index in [4.69, 9.17) is 0 Å². The third-order valence-corrected chi connectivity index (χ3v) is 2.70. The predicted molar refractivity (Wildman–Crippen MR) is 76.4 cm³/mol. The standard InChI is InChI=1S/C15H15F2N3/c1-11(2)20(17)14-7-8-15(19-10-14)18-9-12-3-5-13(16)6-4-12/h3-8,10H,1,9H2,2H3,(H,18,19). The molecule has 0 spiro atoms. The van der Waals surface area contributed by atoms with E-state index in [2.05, 4.69) is 16.9 Å². The van der Waals surface area contributed by atoms with Crippen LogP contribution in [-0.2, 0) is 6.54 Å². The summed E-state index contributed by atoms with van der Waals surface area (Å²) in [4.78, 5) is 4.11. The minimum atomic E-state index is -0.265. The third kappa shape index (κ3) is 3.54. The molecule has 2 aromatic rings. The van der Waals surface area contributed by atoms with Gasteiger partial charge in [-0.15, -0.1) is 0 Å². The second kappa shape index (κ2) is 6.14. The summed E-state index contributed by atoms with van der Waals surface area (Å²) in [5.74, 6) is 0.354. The molecule has 1 aromatic carbocycles. The summed E-state index contributed by atoms with van der Waals surface area (Å²) < 4.78 is 26.3. The van der Waals surface area contributed by atoms with Gasteiger partial charge in [0.2, 0.25) is 0 Å². The number of benzene rings is 1. The van der Waals surface area contributed by atoms with Gasteiger partial charge in [-0.3, -0.25) is 0 Å². The zero-order valence-corrected chi connectivity index (χ0v) is 11.1. The zero-order chi connectivity index (χ0) is 14.5. The second-order valence-electron chi connectivity index (χ2n) is 4.40. The van der Waals surface area contributed by atoms with Gasteiger partial charge in [0.05, 0.1) is 11.9 Å². The quantitative estimate of drug-likeness (QED) is 0.834. The number of pyridine rings is 1. The van der Waals surface area contributed by atoms with Crippen molar-refractivity contribution >= 4 is 11.5 Å². The lowest BCUT2D eigenvalue weighted by molar-refractivity contribution is 0.480. The molecule has 1 N–H and O–H groups in total. The highest BCUT2D eigenvalue weighted by molar-refractivity contribution is 5.50. The van der Waals surface area contributed by atoms with E-state index in [1.165, 1.54) is 18.3 Å². The van der Waals surface area contributed by atoms with Gasteiger partial charge >= 0.3 is 0 Å². The normalized spacial score (nSPS) is 10.2. The van der Waals surface area contributed by atoms with Crippen LogP contribution in [0.5, 0.6) is 0 Å². The number of hydrogen-bond acceptors (Lipinski definition) is 3. The van der Waals surface area contributed by atoms with Crippen molar-refractivity contribution in [2.75, 3.05) is 10.4 Å². The molecule has 0 radical (unpaired) electrons. The van der Waals surface area contributed by atoms with Crippen molar-refractivity contribution in [1.82, 2.24) is 4.98 Å². The van der Waals surface area contributed by atoms with Gasteiger partial charge in [0.1, 0.15) is 11.6 Å². The lowest BCUT2D eigenvalue weighted by Crippen LogP contribution is -2.08. The Morgan fingerprint density at radius 1 is 1.25 bits per heavy atom. The molecule has 0 fully saturated rings. The molecule has 0 aliphatic heterocycles. The number of anilines is 2.